The normalized spacial score (nSPS) is 15.5. The predicted molar refractivity (Wildman–Crippen MR) is 138 cm³/mol. The Bertz CT molecular complexity index is 1500. The zero-order chi connectivity index (χ0) is 24.6. The first-order valence-corrected chi connectivity index (χ1v) is 13.0. The number of amides is 1. The molecule has 2 fully saturated rings. The van der Waals surface area contributed by atoms with E-state index in [4.69, 9.17) is 16.3 Å². The van der Waals surface area contributed by atoms with Gasteiger partial charge in [0.2, 0.25) is 5.91 Å². The maximum atomic E-state index is 13.1. The van der Waals surface area contributed by atoms with Crippen molar-refractivity contribution >= 4 is 39.2 Å². The van der Waals surface area contributed by atoms with Crippen molar-refractivity contribution in [2.75, 3.05) is 13.2 Å². The molecule has 0 atom stereocenters. The van der Waals surface area contributed by atoms with E-state index in [2.05, 4.69) is 15.5 Å². The minimum atomic E-state index is -0.276. The molecule has 2 aromatic carbocycles. The van der Waals surface area contributed by atoms with Gasteiger partial charge >= 0.3 is 0 Å². The van der Waals surface area contributed by atoms with E-state index in [9.17, 15) is 9.59 Å². The quantitative estimate of drug-likeness (QED) is 0.349. The van der Waals surface area contributed by atoms with E-state index in [1.54, 1.807) is 10.7 Å². The van der Waals surface area contributed by atoms with Crippen LogP contribution in [0.15, 0.2) is 47.4 Å². The van der Waals surface area contributed by atoms with E-state index in [1.165, 1.54) is 30.4 Å². The Morgan fingerprint density at radius 3 is 2.64 bits per heavy atom. The minimum absolute atomic E-state index is 0.111. The first-order chi connectivity index (χ1) is 17.5. The number of nitrogens with one attached hydrogen (secondary N) is 1. The highest BCUT2D eigenvalue weighted by molar-refractivity contribution is 6.32. The number of benzene rings is 2. The molecule has 0 aliphatic heterocycles. The molecule has 2 aromatic heterocycles. The molecule has 0 unspecified atom stereocenters. The lowest BCUT2D eigenvalue weighted by Crippen LogP contribution is -2.35. The second-order valence-electron chi connectivity index (χ2n) is 9.96. The van der Waals surface area contributed by atoms with Gasteiger partial charge in [0.1, 0.15) is 12.3 Å². The summed E-state index contributed by atoms with van der Waals surface area (Å²) in [6.45, 7) is 1.55. The average molecular weight is 506 g/mol. The molecule has 8 nitrogen and oxygen atoms in total. The molecule has 2 saturated carbocycles. The number of rotatable bonds is 10. The summed E-state index contributed by atoms with van der Waals surface area (Å²) in [6, 6.07) is 11.1. The number of carbonyl (C=O) groups excluding carboxylic acids is 1. The zero-order valence-electron chi connectivity index (χ0n) is 20.0. The van der Waals surface area contributed by atoms with Gasteiger partial charge in [0.25, 0.3) is 5.56 Å². The Morgan fingerprint density at radius 2 is 1.86 bits per heavy atom. The van der Waals surface area contributed by atoms with E-state index >= 15 is 0 Å². The van der Waals surface area contributed by atoms with Crippen LogP contribution in [0.5, 0.6) is 5.75 Å². The van der Waals surface area contributed by atoms with E-state index in [0.717, 1.165) is 28.6 Å². The number of carbonyl (C=O) groups is 1. The number of ether oxygens (including phenoxy) is 1. The molecule has 186 valence electrons. The van der Waals surface area contributed by atoms with Gasteiger partial charge in [-0.1, -0.05) is 42.6 Å². The third kappa shape index (κ3) is 5.09. The molecule has 0 radical (unpaired) electrons. The third-order valence-corrected chi connectivity index (χ3v) is 7.19. The van der Waals surface area contributed by atoms with Gasteiger partial charge in [-0.25, -0.2) is 4.68 Å². The number of halogens is 1. The second-order valence-corrected chi connectivity index (χ2v) is 10.4. The van der Waals surface area contributed by atoms with Crippen molar-refractivity contribution in [2.24, 2.45) is 11.8 Å². The van der Waals surface area contributed by atoms with Crippen molar-refractivity contribution < 1.29 is 9.53 Å². The summed E-state index contributed by atoms with van der Waals surface area (Å²) in [7, 11) is 0. The van der Waals surface area contributed by atoms with Crippen LogP contribution in [0.25, 0.3) is 21.7 Å². The lowest BCUT2D eigenvalue weighted by atomic mass is 10.1. The van der Waals surface area contributed by atoms with Gasteiger partial charge in [-0.2, -0.15) is 10.2 Å². The Kier molecular flexibility index (Phi) is 6.13. The van der Waals surface area contributed by atoms with Crippen LogP contribution in [0.4, 0.5) is 0 Å². The predicted octanol–water partition coefficient (Wildman–Crippen LogP) is 4.15. The molecule has 2 aliphatic carbocycles. The molecule has 2 aliphatic rings. The maximum Gasteiger partial charge on any atom is 0.275 e. The second kappa shape index (κ2) is 9.58. The molecule has 36 heavy (non-hydrogen) atoms. The van der Waals surface area contributed by atoms with Crippen molar-refractivity contribution in [3.05, 3.63) is 63.7 Å². The van der Waals surface area contributed by atoms with Crippen LogP contribution in [-0.4, -0.2) is 38.6 Å². The highest BCUT2D eigenvalue weighted by atomic mass is 35.5. The Balaban J connectivity index is 1.26. The van der Waals surface area contributed by atoms with Crippen LogP contribution in [0.2, 0.25) is 5.02 Å². The summed E-state index contributed by atoms with van der Waals surface area (Å²) >= 11 is 6.44. The lowest BCUT2D eigenvalue weighted by Gasteiger charge is -2.11. The minimum Gasteiger partial charge on any atom is -0.492 e. The molecule has 1 amide bonds. The smallest absolute Gasteiger partial charge is 0.275 e. The van der Waals surface area contributed by atoms with E-state index in [-0.39, 0.29) is 18.0 Å². The van der Waals surface area contributed by atoms with E-state index in [1.807, 2.05) is 36.5 Å². The lowest BCUT2D eigenvalue weighted by molar-refractivity contribution is -0.121. The molecular weight excluding hydrogens is 478 g/mol. The Morgan fingerprint density at radius 1 is 1.08 bits per heavy atom. The van der Waals surface area contributed by atoms with Gasteiger partial charge < -0.3 is 10.1 Å². The third-order valence-electron chi connectivity index (χ3n) is 6.90. The molecule has 1 N–H and O–H groups in total. The maximum absolute atomic E-state index is 13.1. The molecular formula is C27H28ClN5O3. The fourth-order valence-corrected chi connectivity index (χ4v) is 4.67. The Hall–Kier alpha value is -3.39. The fourth-order valence-electron chi connectivity index (χ4n) is 4.46. The highest BCUT2D eigenvalue weighted by Crippen LogP contribution is 2.34. The van der Waals surface area contributed by atoms with Crippen molar-refractivity contribution in [3.63, 3.8) is 0 Å². The first-order valence-electron chi connectivity index (χ1n) is 12.6. The SMILES string of the molecule is O=C(Cn1nc(Cn2cc3cc(OCC4CC4)c(Cl)cc3n2)c2ccccc2c1=O)NCCC1CC1. The van der Waals surface area contributed by atoms with Crippen LogP contribution < -0.4 is 15.6 Å². The standard InChI is InChI=1S/C27H28ClN5O3/c28-22-12-23-19(11-25(22)36-16-18-7-8-18)13-32(30-23)14-24-20-3-1-2-4-21(20)27(35)33(31-24)15-26(34)29-10-9-17-5-6-17/h1-4,11-13,17-18H,5-10,14-16H2,(H,29,34). The van der Waals surface area contributed by atoms with Gasteiger partial charge in [0, 0.05) is 23.5 Å². The summed E-state index contributed by atoms with van der Waals surface area (Å²) in [6.07, 6.45) is 7.82. The summed E-state index contributed by atoms with van der Waals surface area (Å²) in [5, 5.41) is 14.9. The molecule has 9 heteroatoms. The highest BCUT2D eigenvalue weighted by Gasteiger charge is 2.23. The molecule has 6 rings (SSSR count). The largest absolute Gasteiger partial charge is 0.492 e. The molecule has 0 spiro atoms. The molecule has 0 bridgehead atoms. The van der Waals surface area contributed by atoms with Crippen LogP contribution in [-0.2, 0) is 17.9 Å². The van der Waals surface area contributed by atoms with Crippen LogP contribution in [0.1, 0.15) is 37.8 Å². The topological polar surface area (TPSA) is 91.0 Å². The van der Waals surface area contributed by atoms with Crippen molar-refractivity contribution in [1.82, 2.24) is 24.9 Å². The Labute approximate surface area is 213 Å². The van der Waals surface area contributed by atoms with Gasteiger partial charge in [0.05, 0.1) is 34.8 Å². The van der Waals surface area contributed by atoms with E-state index < -0.39 is 0 Å². The molecule has 0 saturated heterocycles. The van der Waals surface area contributed by atoms with Gasteiger partial charge in [-0.3, -0.25) is 14.3 Å². The zero-order valence-corrected chi connectivity index (χ0v) is 20.7. The summed E-state index contributed by atoms with van der Waals surface area (Å²) in [5.74, 6) is 1.83. The van der Waals surface area contributed by atoms with Gasteiger partial charge in [0.15, 0.2) is 0 Å². The number of hydrogen-bond donors (Lipinski definition) is 1. The number of aromatic nitrogens is 4. The van der Waals surface area contributed by atoms with Gasteiger partial charge in [-0.15, -0.1) is 0 Å². The average Bonchev–Trinajstić information content (AvgIpc) is 3.80. The number of fused-ring (bicyclic) bond motifs is 2. The summed E-state index contributed by atoms with van der Waals surface area (Å²) < 4.78 is 8.95. The summed E-state index contributed by atoms with van der Waals surface area (Å²) in [4.78, 5) is 25.6. The van der Waals surface area contributed by atoms with Crippen molar-refractivity contribution in [1.29, 1.82) is 0 Å². The molecule has 4 aromatic rings. The molecule has 2 heterocycles. The van der Waals surface area contributed by atoms with Crippen molar-refractivity contribution in [2.45, 2.75) is 45.2 Å². The van der Waals surface area contributed by atoms with Crippen molar-refractivity contribution in [3.8, 4) is 5.75 Å². The number of hydrogen-bond acceptors (Lipinski definition) is 5. The fraction of sp³-hybridized carbons (Fsp3) is 0.407. The first kappa shape index (κ1) is 23.0. The van der Waals surface area contributed by atoms with Crippen LogP contribution >= 0.6 is 11.6 Å². The van der Waals surface area contributed by atoms with Crippen LogP contribution in [0, 0.1) is 11.8 Å². The van der Waals surface area contributed by atoms with E-state index in [0.29, 0.717) is 47.5 Å². The number of nitrogens with zero attached hydrogens (tertiary/aromatic N) is 4. The summed E-state index contributed by atoms with van der Waals surface area (Å²) in [5.41, 5.74) is 1.15. The van der Waals surface area contributed by atoms with Gasteiger partial charge in [-0.05, 0) is 49.3 Å². The monoisotopic (exact) mass is 505 g/mol. The van der Waals surface area contributed by atoms with Crippen LogP contribution in [0.3, 0.4) is 0 Å².